The Morgan fingerprint density at radius 3 is 2.50 bits per heavy atom. The molecule has 0 radical (unpaired) electrons. The van der Waals surface area contributed by atoms with E-state index in [1.807, 2.05) is 0 Å². The van der Waals surface area contributed by atoms with Gasteiger partial charge in [-0.1, -0.05) is 48.0 Å². The predicted octanol–water partition coefficient (Wildman–Crippen LogP) is 3.99. The van der Waals surface area contributed by atoms with Gasteiger partial charge in [0.1, 0.15) is 9.75 Å². The van der Waals surface area contributed by atoms with E-state index in [1.165, 1.54) is 11.0 Å². The summed E-state index contributed by atoms with van der Waals surface area (Å²) in [6.45, 7) is 0. The maximum Gasteiger partial charge on any atom is 0.325 e. The van der Waals surface area contributed by atoms with Gasteiger partial charge >= 0.3 is 5.97 Å². The zero-order valence-corrected chi connectivity index (χ0v) is 20.9. The molecule has 1 aliphatic carbocycles. The number of carbonyl (C=O) groups excluding carboxylic acids is 1. The molecular formula is C24H23ClN2O5S2. The molecule has 2 aromatic carbocycles. The van der Waals surface area contributed by atoms with Gasteiger partial charge in [-0.25, -0.2) is 8.42 Å². The molecule has 1 saturated carbocycles. The lowest BCUT2D eigenvalue weighted by molar-refractivity contribution is -0.140. The molecule has 0 saturated heterocycles. The molecular weight excluding hydrogens is 496 g/mol. The Morgan fingerprint density at radius 2 is 1.85 bits per heavy atom. The molecule has 0 bridgehead atoms. The van der Waals surface area contributed by atoms with Crippen molar-refractivity contribution in [3.8, 4) is 10.4 Å². The SMILES string of the molecule is CN(C)C(=O)Cc1cccc(C2CC2(NS(=O)(=O)c2ccc(-c3ccc(Cl)cc3)s2)C(=O)O)c1. The van der Waals surface area contributed by atoms with Crippen LogP contribution >= 0.6 is 22.9 Å². The molecule has 4 rings (SSSR count). The number of aliphatic carboxylic acids is 1. The van der Waals surface area contributed by atoms with Gasteiger partial charge in [-0.3, -0.25) is 9.59 Å². The van der Waals surface area contributed by atoms with Crippen LogP contribution in [0.25, 0.3) is 10.4 Å². The Kier molecular flexibility index (Phi) is 6.56. The molecule has 10 heteroatoms. The fourth-order valence-electron chi connectivity index (χ4n) is 3.83. The number of nitrogens with zero attached hydrogens (tertiary/aromatic N) is 1. The van der Waals surface area contributed by atoms with Gasteiger partial charge < -0.3 is 10.0 Å². The number of thiophene rings is 1. The third-order valence-corrected chi connectivity index (χ3v) is 9.23. The van der Waals surface area contributed by atoms with Crippen LogP contribution in [0.5, 0.6) is 0 Å². The van der Waals surface area contributed by atoms with Crippen molar-refractivity contribution in [2.75, 3.05) is 14.1 Å². The van der Waals surface area contributed by atoms with Gasteiger partial charge in [0, 0.05) is 29.9 Å². The maximum absolute atomic E-state index is 13.1. The van der Waals surface area contributed by atoms with Crippen molar-refractivity contribution < 1.29 is 23.1 Å². The lowest BCUT2D eigenvalue weighted by atomic mass is 10.0. The van der Waals surface area contributed by atoms with Gasteiger partial charge in [-0.15, -0.1) is 11.3 Å². The second kappa shape index (κ2) is 9.14. The number of hydrogen-bond donors (Lipinski definition) is 2. The lowest BCUT2D eigenvalue weighted by Gasteiger charge is -2.15. The van der Waals surface area contributed by atoms with Crippen LogP contribution in [0.1, 0.15) is 23.5 Å². The Hall–Kier alpha value is -2.72. The van der Waals surface area contributed by atoms with Crippen LogP contribution in [-0.4, -0.2) is 49.9 Å². The molecule has 2 atom stereocenters. The molecule has 1 fully saturated rings. The summed E-state index contributed by atoms with van der Waals surface area (Å²) < 4.78 is 28.7. The van der Waals surface area contributed by atoms with Crippen molar-refractivity contribution in [3.63, 3.8) is 0 Å². The largest absolute Gasteiger partial charge is 0.480 e. The number of halogens is 1. The molecule has 7 nitrogen and oxygen atoms in total. The third kappa shape index (κ3) is 4.88. The van der Waals surface area contributed by atoms with Gasteiger partial charge in [0.05, 0.1) is 6.42 Å². The summed E-state index contributed by atoms with van der Waals surface area (Å²) in [5.41, 5.74) is 0.614. The minimum Gasteiger partial charge on any atom is -0.480 e. The molecule has 2 N–H and O–H groups in total. The fraction of sp³-hybridized carbons (Fsp3) is 0.250. The van der Waals surface area contributed by atoms with E-state index in [-0.39, 0.29) is 23.0 Å². The molecule has 1 aliphatic rings. The zero-order chi connectivity index (χ0) is 24.7. The van der Waals surface area contributed by atoms with Crippen LogP contribution in [0.3, 0.4) is 0 Å². The van der Waals surface area contributed by atoms with E-state index in [2.05, 4.69) is 4.72 Å². The standard InChI is InChI=1S/C24H23ClN2O5S2/c1-27(2)21(28)13-15-4-3-5-17(12-15)19-14-24(19,23(29)30)26-34(31,32)22-11-10-20(33-22)16-6-8-18(25)9-7-16/h3-12,19,26H,13-14H2,1-2H3,(H,29,30). The Balaban J connectivity index is 1.56. The number of likely N-dealkylation sites (N-methyl/N-ethyl adjacent to an activating group) is 1. The highest BCUT2D eigenvalue weighted by Crippen LogP contribution is 2.52. The number of nitrogens with one attached hydrogen (secondary N) is 1. The number of carbonyl (C=O) groups is 2. The molecule has 1 amide bonds. The number of amides is 1. The molecule has 34 heavy (non-hydrogen) atoms. The van der Waals surface area contributed by atoms with E-state index in [4.69, 9.17) is 11.6 Å². The van der Waals surface area contributed by atoms with Crippen LogP contribution < -0.4 is 4.72 Å². The number of benzene rings is 2. The normalized spacial score (nSPS) is 19.6. The lowest BCUT2D eigenvalue weighted by Crippen LogP contribution is -2.44. The second-order valence-electron chi connectivity index (χ2n) is 8.47. The highest BCUT2D eigenvalue weighted by atomic mass is 35.5. The quantitative estimate of drug-likeness (QED) is 0.469. The molecule has 0 spiro atoms. The van der Waals surface area contributed by atoms with Gasteiger partial charge in [-0.05, 0) is 47.4 Å². The van der Waals surface area contributed by atoms with Crippen molar-refractivity contribution in [3.05, 3.63) is 76.8 Å². The van der Waals surface area contributed by atoms with E-state index in [0.29, 0.717) is 10.6 Å². The summed E-state index contributed by atoms with van der Waals surface area (Å²) in [4.78, 5) is 26.4. The Bertz CT molecular complexity index is 1350. The predicted molar refractivity (Wildman–Crippen MR) is 132 cm³/mol. The molecule has 178 valence electrons. The maximum atomic E-state index is 13.1. The summed E-state index contributed by atoms with van der Waals surface area (Å²) in [5.74, 6) is -1.84. The summed E-state index contributed by atoms with van der Waals surface area (Å²) in [6.07, 6.45) is 0.310. The fourth-order valence-corrected chi connectivity index (χ4v) is 6.68. The number of carboxylic acids is 1. The number of hydrogen-bond acceptors (Lipinski definition) is 5. The van der Waals surface area contributed by atoms with Crippen molar-refractivity contribution in [2.24, 2.45) is 0 Å². The van der Waals surface area contributed by atoms with E-state index < -0.39 is 27.4 Å². The minimum absolute atomic E-state index is 0.0362. The molecule has 1 aromatic heterocycles. The third-order valence-electron chi connectivity index (χ3n) is 5.84. The number of rotatable bonds is 8. The van der Waals surface area contributed by atoms with Gasteiger partial charge in [0.15, 0.2) is 0 Å². The number of carboxylic acid groups (broad SMARTS) is 1. The minimum atomic E-state index is -4.08. The highest BCUT2D eigenvalue weighted by Gasteiger charge is 2.63. The first-order valence-electron chi connectivity index (χ1n) is 10.4. The topological polar surface area (TPSA) is 104 Å². The molecule has 0 aliphatic heterocycles. The first-order valence-corrected chi connectivity index (χ1v) is 13.1. The monoisotopic (exact) mass is 518 g/mol. The summed E-state index contributed by atoms with van der Waals surface area (Å²) in [7, 11) is -0.742. The van der Waals surface area contributed by atoms with E-state index >= 15 is 0 Å². The van der Waals surface area contributed by atoms with E-state index in [1.54, 1.807) is 68.7 Å². The molecule has 3 aromatic rings. The zero-order valence-electron chi connectivity index (χ0n) is 18.5. The van der Waals surface area contributed by atoms with Crippen molar-refractivity contribution >= 4 is 44.8 Å². The van der Waals surface area contributed by atoms with Crippen molar-refractivity contribution in [2.45, 2.75) is 28.5 Å². The average Bonchev–Trinajstić information content (AvgIpc) is 3.27. The van der Waals surface area contributed by atoms with Crippen molar-refractivity contribution in [1.29, 1.82) is 0 Å². The first-order chi connectivity index (χ1) is 16.0. The highest BCUT2D eigenvalue weighted by molar-refractivity contribution is 7.91. The second-order valence-corrected chi connectivity index (χ2v) is 11.9. The first kappa shape index (κ1) is 24.4. The summed E-state index contributed by atoms with van der Waals surface area (Å²) >= 11 is 6.98. The van der Waals surface area contributed by atoms with Gasteiger partial charge in [0.25, 0.3) is 10.0 Å². The van der Waals surface area contributed by atoms with Crippen LogP contribution in [0.4, 0.5) is 0 Å². The summed E-state index contributed by atoms with van der Waals surface area (Å²) in [5, 5.41) is 10.5. The Morgan fingerprint density at radius 1 is 1.15 bits per heavy atom. The van der Waals surface area contributed by atoms with Crippen LogP contribution in [-0.2, 0) is 26.0 Å². The summed E-state index contributed by atoms with van der Waals surface area (Å²) in [6, 6.07) is 17.3. The average molecular weight is 519 g/mol. The van der Waals surface area contributed by atoms with Crippen LogP contribution in [0.15, 0.2) is 64.9 Å². The molecule has 1 heterocycles. The van der Waals surface area contributed by atoms with Gasteiger partial charge in [0.2, 0.25) is 5.91 Å². The number of sulfonamides is 1. The van der Waals surface area contributed by atoms with Crippen molar-refractivity contribution in [1.82, 2.24) is 9.62 Å². The molecule has 2 unspecified atom stereocenters. The van der Waals surface area contributed by atoms with E-state index in [9.17, 15) is 23.1 Å². The van der Waals surface area contributed by atoms with Crippen LogP contribution in [0.2, 0.25) is 5.02 Å². The van der Waals surface area contributed by atoms with Gasteiger partial charge in [-0.2, -0.15) is 4.72 Å². The smallest absolute Gasteiger partial charge is 0.325 e. The van der Waals surface area contributed by atoms with Crippen LogP contribution in [0, 0.1) is 0 Å². The Labute approximate surface area is 207 Å². The van der Waals surface area contributed by atoms with E-state index in [0.717, 1.165) is 27.3 Å².